The number of hydrogen-bond donors (Lipinski definition) is 1. The fraction of sp³-hybridized carbons (Fsp3) is 0.444. The van der Waals surface area contributed by atoms with E-state index < -0.39 is 0 Å². The minimum atomic E-state index is -0.111. The highest BCUT2D eigenvalue weighted by Gasteiger charge is 2.13. The number of carbonyl (C=O) groups excluding carboxylic acids is 1. The summed E-state index contributed by atoms with van der Waals surface area (Å²) in [5.74, 6) is 0.0125. The smallest absolute Gasteiger partial charge is 0.228 e. The van der Waals surface area contributed by atoms with Crippen molar-refractivity contribution in [3.8, 4) is 0 Å². The second-order valence-corrected chi connectivity index (χ2v) is 4.91. The maximum absolute atomic E-state index is 11.6. The van der Waals surface area contributed by atoms with E-state index in [1.165, 1.54) is 11.3 Å². The monoisotopic (exact) mass is 232 g/mol. The number of carbonyl (C=O) groups is 1. The molecule has 5 heteroatoms. The van der Waals surface area contributed by atoms with Gasteiger partial charge < -0.3 is 10.6 Å². The van der Waals surface area contributed by atoms with Gasteiger partial charge in [-0.05, 0) is 19.1 Å². The lowest BCUT2D eigenvalue weighted by atomic mass is 10.2. The van der Waals surface area contributed by atoms with E-state index >= 15 is 0 Å². The van der Waals surface area contributed by atoms with Crippen LogP contribution in [0.4, 0.5) is 5.00 Å². The molecule has 1 atom stereocenters. The molecule has 1 rings (SSSR count). The fourth-order valence-corrected chi connectivity index (χ4v) is 2.03. The van der Waals surface area contributed by atoms with Crippen molar-refractivity contribution in [2.24, 2.45) is 5.73 Å². The predicted molar refractivity (Wildman–Crippen MR) is 61.0 cm³/mol. The molecule has 0 radical (unpaired) electrons. The van der Waals surface area contributed by atoms with Crippen molar-refractivity contribution in [1.82, 2.24) is 0 Å². The Bertz CT molecular complexity index is 324. The molecule has 2 N–H and O–H groups in total. The van der Waals surface area contributed by atoms with Crippen LogP contribution in [0.3, 0.4) is 0 Å². The summed E-state index contributed by atoms with van der Waals surface area (Å²) >= 11 is 7.15. The number of nitrogens with zero attached hydrogens (tertiary/aromatic N) is 1. The van der Waals surface area contributed by atoms with E-state index in [0.29, 0.717) is 10.8 Å². The molecule has 14 heavy (non-hydrogen) atoms. The molecule has 1 aromatic rings. The summed E-state index contributed by atoms with van der Waals surface area (Å²) in [4.78, 5) is 13.2. The maximum Gasteiger partial charge on any atom is 0.228 e. The van der Waals surface area contributed by atoms with Crippen molar-refractivity contribution in [2.75, 3.05) is 11.9 Å². The van der Waals surface area contributed by atoms with Crippen LogP contribution < -0.4 is 10.6 Å². The first-order valence-corrected chi connectivity index (χ1v) is 5.47. The normalized spacial score (nSPS) is 12.6. The first-order valence-electron chi connectivity index (χ1n) is 4.28. The van der Waals surface area contributed by atoms with Gasteiger partial charge in [-0.15, -0.1) is 11.3 Å². The number of thiophene rings is 1. The van der Waals surface area contributed by atoms with Gasteiger partial charge in [0.15, 0.2) is 0 Å². The molecule has 3 nitrogen and oxygen atoms in total. The van der Waals surface area contributed by atoms with Gasteiger partial charge in [0.05, 0.1) is 9.34 Å². The molecule has 0 aromatic carbocycles. The SMILES string of the molecule is CC(N)CC(=O)N(C)c1ccc(Cl)s1. The largest absolute Gasteiger partial charge is 0.327 e. The zero-order valence-corrected chi connectivity index (χ0v) is 9.73. The van der Waals surface area contributed by atoms with E-state index in [1.807, 2.05) is 13.0 Å². The topological polar surface area (TPSA) is 46.3 Å². The van der Waals surface area contributed by atoms with Crippen LogP contribution in [0, 0.1) is 0 Å². The van der Waals surface area contributed by atoms with E-state index in [9.17, 15) is 4.79 Å². The molecule has 0 spiro atoms. The highest BCUT2D eigenvalue weighted by molar-refractivity contribution is 7.20. The molecule has 0 aliphatic heterocycles. The zero-order valence-electron chi connectivity index (χ0n) is 8.16. The third kappa shape index (κ3) is 2.97. The van der Waals surface area contributed by atoms with Gasteiger partial charge in [-0.25, -0.2) is 0 Å². The summed E-state index contributed by atoms with van der Waals surface area (Å²) in [6.07, 6.45) is 0.353. The van der Waals surface area contributed by atoms with Crippen LogP contribution in [0.25, 0.3) is 0 Å². The highest BCUT2D eigenvalue weighted by atomic mass is 35.5. The van der Waals surface area contributed by atoms with Crippen LogP contribution in [0.15, 0.2) is 12.1 Å². The zero-order chi connectivity index (χ0) is 10.7. The number of hydrogen-bond acceptors (Lipinski definition) is 3. The standard InChI is InChI=1S/C9H13ClN2OS/c1-6(11)5-8(13)12(2)9-4-3-7(10)14-9/h3-4,6H,5,11H2,1-2H3. The van der Waals surface area contributed by atoms with E-state index in [2.05, 4.69) is 0 Å². The van der Waals surface area contributed by atoms with Crippen molar-refractivity contribution in [2.45, 2.75) is 19.4 Å². The minimum absolute atomic E-state index is 0.0125. The predicted octanol–water partition coefficient (Wildman–Crippen LogP) is 2.10. The van der Waals surface area contributed by atoms with Gasteiger partial charge in [0.1, 0.15) is 0 Å². The van der Waals surface area contributed by atoms with Gasteiger partial charge >= 0.3 is 0 Å². The second kappa shape index (κ2) is 4.77. The Morgan fingerprint density at radius 2 is 2.36 bits per heavy atom. The third-order valence-electron chi connectivity index (χ3n) is 1.76. The minimum Gasteiger partial charge on any atom is -0.327 e. The van der Waals surface area contributed by atoms with E-state index in [-0.39, 0.29) is 11.9 Å². The van der Waals surface area contributed by atoms with Gasteiger partial charge in [-0.3, -0.25) is 4.79 Å². The molecule has 1 unspecified atom stereocenters. The van der Waals surface area contributed by atoms with Gasteiger partial charge in [0.2, 0.25) is 5.91 Å². The molecule has 0 fully saturated rings. The Balaban J connectivity index is 2.65. The van der Waals surface area contributed by atoms with Crippen molar-refractivity contribution in [3.05, 3.63) is 16.5 Å². The quantitative estimate of drug-likeness (QED) is 0.868. The number of anilines is 1. The Morgan fingerprint density at radius 1 is 1.71 bits per heavy atom. The average molecular weight is 233 g/mol. The van der Waals surface area contributed by atoms with Crippen LogP contribution in [-0.4, -0.2) is 19.0 Å². The van der Waals surface area contributed by atoms with Crippen molar-refractivity contribution < 1.29 is 4.79 Å². The van der Waals surface area contributed by atoms with Gasteiger partial charge in [0, 0.05) is 19.5 Å². The van der Waals surface area contributed by atoms with Crippen LogP contribution >= 0.6 is 22.9 Å². The van der Waals surface area contributed by atoms with Crippen molar-refractivity contribution in [1.29, 1.82) is 0 Å². The van der Waals surface area contributed by atoms with Crippen molar-refractivity contribution >= 4 is 33.8 Å². The van der Waals surface area contributed by atoms with Crippen LogP contribution in [0.2, 0.25) is 4.34 Å². The third-order valence-corrected chi connectivity index (χ3v) is 3.07. The summed E-state index contributed by atoms with van der Waals surface area (Å²) in [5, 5.41) is 0.848. The molecule has 1 heterocycles. The summed E-state index contributed by atoms with van der Waals surface area (Å²) in [7, 11) is 1.73. The van der Waals surface area contributed by atoms with Crippen LogP contribution in [0.1, 0.15) is 13.3 Å². The van der Waals surface area contributed by atoms with E-state index in [0.717, 1.165) is 5.00 Å². The van der Waals surface area contributed by atoms with E-state index in [1.54, 1.807) is 18.0 Å². The molecular weight excluding hydrogens is 220 g/mol. The molecule has 1 aromatic heterocycles. The van der Waals surface area contributed by atoms with Gasteiger partial charge in [-0.1, -0.05) is 11.6 Å². The molecule has 1 amide bonds. The van der Waals surface area contributed by atoms with Gasteiger partial charge in [0.25, 0.3) is 0 Å². The lowest BCUT2D eigenvalue weighted by Crippen LogP contribution is -2.31. The number of rotatable bonds is 3. The van der Waals surface area contributed by atoms with Gasteiger partial charge in [-0.2, -0.15) is 0 Å². The molecule has 0 saturated carbocycles. The lowest BCUT2D eigenvalue weighted by Gasteiger charge is -2.15. The summed E-state index contributed by atoms with van der Waals surface area (Å²) in [6, 6.07) is 3.49. The molecule has 0 saturated heterocycles. The molecule has 0 bridgehead atoms. The molecule has 0 aliphatic carbocycles. The Morgan fingerprint density at radius 3 is 2.79 bits per heavy atom. The Hall–Kier alpha value is -0.580. The lowest BCUT2D eigenvalue weighted by molar-refractivity contribution is -0.118. The first-order chi connectivity index (χ1) is 6.50. The summed E-state index contributed by atoms with van der Waals surface area (Å²) < 4.78 is 0.681. The van der Waals surface area contributed by atoms with Crippen molar-refractivity contribution in [3.63, 3.8) is 0 Å². The van der Waals surface area contributed by atoms with Crippen LogP contribution in [0.5, 0.6) is 0 Å². The number of halogens is 1. The molecule has 0 aliphatic rings. The Kier molecular flexibility index (Phi) is 3.92. The summed E-state index contributed by atoms with van der Waals surface area (Å²) in [5.41, 5.74) is 5.54. The average Bonchev–Trinajstić information content (AvgIpc) is 2.49. The van der Waals surface area contributed by atoms with E-state index in [4.69, 9.17) is 17.3 Å². The summed E-state index contributed by atoms with van der Waals surface area (Å²) in [6.45, 7) is 1.81. The van der Waals surface area contributed by atoms with Crippen LogP contribution in [-0.2, 0) is 4.79 Å². The number of amides is 1. The molecular formula is C9H13ClN2OS. The second-order valence-electron chi connectivity index (χ2n) is 3.21. The first kappa shape index (κ1) is 11.5. The maximum atomic E-state index is 11.6. The Labute approximate surface area is 92.5 Å². The fourth-order valence-electron chi connectivity index (χ4n) is 1.02. The number of nitrogens with two attached hydrogens (primary N) is 1. The highest BCUT2D eigenvalue weighted by Crippen LogP contribution is 2.28. The molecule has 78 valence electrons.